The van der Waals surface area contributed by atoms with Crippen molar-refractivity contribution in [1.82, 2.24) is 10.6 Å². The lowest BCUT2D eigenvalue weighted by Crippen LogP contribution is -2.34. The number of nitrogens with one attached hydrogen (secondary N) is 2. The van der Waals surface area contributed by atoms with Crippen LogP contribution in [0, 0.1) is 13.8 Å². The van der Waals surface area contributed by atoms with E-state index < -0.39 is 5.97 Å². The van der Waals surface area contributed by atoms with Gasteiger partial charge in [-0.1, -0.05) is 12.1 Å². The smallest absolute Gasteiger partial charge is 0.325 e. The molecule has 1 heterocycles. The minimum atomic E-state index is -0.657. The van der Waals surface area contributed by atoms with Crippen LogP contribution in [-0.4, -0.2) is 37.5 Å². The molecule has 0 spiro atoms. The predicted octanol–water partition coefficient (Wildman–Crippen LogP) is 2.00. The highest BCUT2D eigenvalue weighted by Gasteiger charge is 2.11. The van der Waals surface area contributed by atoms with Crippen molar-refractivity contribution in [3.63, 3.8) is 0 Å². The molecule has 0 fully saturated rings. The van der Waals surface area contributed by atoms with Crippen LogP contribution in [0.15, 0.2) is 35.7 Å². The third-order valence-corrected chi connectivity index (χ3v) is 4.74. The van der Waals surface area contributed by atoms with Crippen molar-refractivity contribution in [2.45, 2.75) is 20.3 Å². The number of carbonyl (C=O) groups excluding carboxylic acids is 3. The molecule has 1 aromatic heterocycles. The van der Waals surface area contributed by atoms with Crippen molar-refractivity contribution in [3.05, 3.63) is 57.3 Å². The second kappa shape index (κ2) is 9.72. The van der Waals surface area contributed by atoms with Crippen molar-refractivity contribution in [2.75, 3.05) is 19.7 Å². The van der Waals surface area contributed by atoms with Crippen LogP contribution >= 0.6 is 11.3 Å². The minimum Gasteiger partial charge on any atom is -0.454 e. The summed E-state index contributed by atoms with van der Waals surface area (Å²) in [4.78, 5) is 36.5. The van der Waals surface area contributed by atoms with E-state index in [0.717, 1.165) is 17.5 Å². The lowest BCUT2D eigenvalue weighted by molar-refractivity contribution is -0.147. The van der Waals surface area contributed by atoms with Crippen molar-refractivity contribution >= 4 is 29.1 Å². The molecule has 0 bridgehead atoms. The van der Waals surface area contributed by atoms with E-state index in [1.807, 2.05) is 37.4 Å². The first-order valence-electron chi connectivity index (χ1n) is 8.26. The Morgan fingerprint density at radius 1 is 1.08 bits per heavy atom. The number of amides is 2. The van der Waals surface area contributed by atoms with Gasteiger partial charge in [-0.3, -0.25) is 14.4 Å². The van der Waals surface area contributed by atoms with Gasteiger partial charge in [0.25, 0.3) is 11.8 Å². The molecule has 6 nitrogen and oxygen atoms in total. The summed E-state index contributed by atoms with van der Waals surface area (Å²) in [6.07, 6.45) is 0.739. The van der Waals surface area contributed by atoms with E-state index in [1.165, 1.54) is 4.88 Å². The van der Waals surface area contributed by atoms with Gasteiger partial charge >= 0.3 is 5.97 Å². The molecule has 26 heavy (non-hydrogen) atoms. The highest BCUT2D eigenvalue weighted by molar-refractivity contribution is 7.09. The van der Waals surface area contributed by atoms with Gasteiger partial charge in [-0.2, -0.15) is 0 Å². The summed E-state index contributed by atoms with van der Waals surface area (Å²) in [7, 11) is 0. The number of carbonyl (C=O) groups is 3. The molecule has 0 saturated heterocycles. The number of esters is 1. The maximum Gasteiger partial charge on any atom is 0.325 e. The van der Waals surface area contributed by atoms with Crippen LogP contribution in [-0.2, 0) is 20.7 Å². The fourth-order valence-electron chi connectivity index (χ4n) is 2.17. The zero-order valence-corrected chi connectivity index (χ0v) is 15.7. The summed E-state index contributed by atoms with van der Waals surface area (Å²) in [5.41, 5.74) is 2.57. The van der Waals surface area contributed by atoms with Gasteiger partial charge in [-0.15, -0.1) is 11.3 Å². The van der Waals surface area contributed by atoms with Crippen molar-refractivity contribution < 1.29 is 19.1 Å². The molecule has 0 aliphatic heterocycles. The molecule has 0 unspecified atom stereocenters. The molecule has 2 N–H and O–H groups in total. The monoisotopic (exact) mass is 374 g/mol. The van der Waals surface area contributed by atoms with E-state index in [2.05, 4.69) is 10.6 Å². The average molecular weight is 374 g/mol. The SMILES string of the molecule is Cc1ccc(C(=O)NCC(=O)OCC(=O)NCCc2cccs2)cc1C. The van der Waals surface area contributed by atoms with Crippen molar-refractivity contribution in [2.24, 2.45) is 0 Å². The van der Waals surface area contributed by atoms with Gasteiger partial charge in [0.2, 0.25) is 0 Å². The fourth-order valence-corrected chi connectivity index (χ4v) is 2.87. The topological polar surface area (TPSA) is 84.5 Å². The van der Waals surface area contributed by atoms with Gasteiger partial charge in [0.05, 0.1) is 0 Å². The van der Waals surface area contributed by atoms with Crippen LogP contribution in [0.5, 0.6) is 0 Å². The molecule has 2 amide bonds. The Labute approximate surface area is 156 Å². The van der Waals surface area contributed by atoms with Crippen LogP contribution < -0.4 is 10.6 Å². The number of aryl methyl sites for hydroxylation is 2. The van der Waals surface area contributed by atoms with E-state index in [1.54, 1.807) is 23.5 Å². The molecule has 0 aliphatic rings. The Bertz CT molecular complexity index is 772. The molecule has 7 heteroatoms. The zero-order valence-electron chi connectivity index (χ0n) is 14.8. The summed E-state index contributed by atoms with van der Waals surface area (Å²) in [6.45, 7) is 3.72. The molecular formula is C19H22N2O4S. The summed E-state index contributed by atoms with van der Waals surface area (Å²) in [6, 6.07) is 9.26. The molecule has 0 atom stereocenters. The normalized spacial score (nSPS) is 10.2. The van der Waals surface area contributed by atoms with E-state index in [0.29, 0.717) is 12.1 Å². The first kappa shape index (κ1) is 19.7. The Morgan fingerprint density at radius 2 is 1.88 bits per heavy atom. The summed E-state index contributed by atoms with van der Waals surface area (Å²) in [5.74, 6) is -1.38. The van der Waals surface area contributed by atoms with E-state index in [4.69, 9.17) is 4.74 Å². The third kappa shape index (κ3) is 6.33. The lowest BCUT2D eigenvalue weighted by atomic mass is 10.1. The van der Waals surface area contributed by atoms with Gasteiger partial charge in [-0.05, 0) is 55.0 Å². The minimum absolute atomic E-state index is 0.283. The number of hydrogen-bond acceptors (Lipinski definition) is 5. The van der Waals surface area contributed by atoms with Crippen LogP contribution in [0.4, 0.5) is 0 Å². The summed E-state index contributed by atoms with van der Waals surface area (Å²) in [5, 5.41) is 7.15. The highest BCUT2D eigenvalue weighted by Crippen LogP contribution is 2.09. The Morgan fingerprint density at radius 3 is 2.58 bits per heavy atom. The Balaban J connectivity index is 1.64. The Hall–Kier alpha value is -2.67. The summed E-state index contributed by atoms with van der Waals surface area (Å²) >= 11 is 1.62. The molecule has 0 saturated carbocycles. The maximum absolute atomic E-state index is 12.0. The summed E-state index contributed by atoms with van der Waals surface area (Å²) < 4.78 is 4.86. The Kier molecular flexibility index (Phi) is 7.35. The standard InChI is InChI=1S/C19H22N2O4S/c1-13-5-6-15(10-14(13)2)19(24)21-11-18(23)25-12-17(22)20-8-7-16-4-3-9-26-16/h3-6,9-10H,7-8,11-12H2,1-2H3,(H,20,22)(H,21,24). The number of benzene rings is 1. The van der Waals surface area contributed by atoms with E-state index in [9.17, 15) is 14.4 Å². The molecule has 2 rings (SSSR count). The van der Waals surface area contributed by atoms with Gasteiger partial charge < -0.3 is 15.4 Å². The van der Waals surface area contributed by atoms with Crippen LogP contribution in [0.25, 0.3) is 0 Å². The molecule has 0 radical (unpaired) electrons. The van der Waals surface area contributed by atoms with Gasteiger partial charge in [-0.25, -0.2) is 0 Å². The van der Waals surface area contributed by atoms with Gasteiger partial charge in [0.15, 0.2) is 6.61 Å². The van der Waals surface area contributed by atoms with Crippen molar-refractivity contribution in [1.29, 1.82) is 0 Å². The van der Waals surface area contributed by atoms with Crippen LogP contribution in [0.3, 0.4) is 0 Å². The fraction of sp³-hybridized carbons (Fsp3) is 0.316. The first-order chi connectivity index (χ1) is 12.5. The highest BCUT2D eigenvalue weighted by atomic mass is 32.1. The zero-order chi connectivity index (χ0) is 18.9. The molecule has 0 aliphatic carbocycles. The molecule has 2 aromatic rings. The second-order valence-electron chi connectivity index (χ2n) is 5.82. The van der Waals surface area contributed by atoms with Crippen LogP contribution in [0.2, 0.25) is 0 Å². The second-order valence-corrected chi connectivity index (χ2v) is 6.85. The predicted molar refractivity (Wildman–Crippen MR) is 100 cm³/mol. The number of ether oxygens (including phenoxy) is 1. The molecular weight excluding hydrogens is 352 g/mol. The molecule has 1 aromatic carbocycles. The average Bonchev–Trinajstić information content (AvgIpc) is 3.13. The number of rotatable bonds is 8. The van der Waals surface area contributed by atoms with Gasteiger partial charge in [0.1, 0.15) is 6.54 Å². The van der Waals surface area contributed by atoms with E-state index in [-0.39, 0.29) is 25.0 Å². The van der Waals surface area contributed by atoms with Crippen LogP contribution in [0.1, 0.15) is 26.4 Å². The third-order valence-electron chi connectivity index (χ3n) is 3.80. The van der Waals surface area contributed by atoms with E-state index >= 15 is 0 Å². The maximum atomic E-state index is 12.0. The first-order valence-corrected chi connectivity index (χ1v) is 9.14. The molecule has 138 valence electrons. The number of hydrogen-bond donors (Lipinski definition) is 2. The quantitative estimate of drug-likeness (QED) is 0.692. The lowest BCUT2D eigenvalue weighted by Gasteiger charge is -2.08. The number of thiophene rings is 1. The largest absolute Gasteiger partial charge is 0.454 e. The van der Waals surface area contributed by atoms with Crippen molar-refractivity contribution in [3.8, 4) is 0 Å². The van der Waals surface area contributed by atoms with Gasteiger partial charge in [0, 0.05) is 17.0 Å².